The molecule has 4 nitrogen and oxygen atoms in total. The topological polar surface area (TPSA) is 44.4 Å². The quantitative estimate of drug-likeness (QED) is 0.878. The van der Waals surface area contributed by atoms with E-state index in [0.29, 0.717) is 12.5 Å². The molecule has 1 atom stereocenters. The van der Waals surface area contributed by atoms with Gasteiger partial charge in [0.1, 0.15) is 6.04 Å². The van der Waals surface area contributed by atoms with Gasteiger partial charge in [-0.15, -0.1) is 0 Å². The fourth-order valence-corrected chi connectivity index (χ4v) is 2.83. The largest absolute Gasteiger partial charge is 0.358 e. The van der Waals surface area contributed by atoms with Gasteiger partial charge in [0.25, 0.3) is 0 Å². The Morgan fingerprint density at radius 1 is 1.48 bits per heavy atom. The second-order valence-corrected chi connectivity index (χ2v) is 6.33. The van der Waals surface area contributed by atoms with Crippen LogP contribution < -0.4 is 15.5 Å². The molecule has 1 heterocycles. The number of nitrogens with zero attached hydrogens (tertiary/aromatic N) is 1. The lowest BCUT2D eigenvalue weighted by molar-refractivity contribution is -0.122. The number of carbonyl (C=O) groups excluding carboxylic acids is 1. The molecule has 1 aliphatic rings. The van der Waals surface area contributed by atoms with E-state index in [1.807, 2.05) is 25.1 Å². The zero-order valence-corrected chi connectivity index (χ0v) is 13.7. The Labute approximate surface area is 131 Å². The van der Waals surface area contributed by atoms with E-state index in [9.17, 15) is 4.79 Å². The molecule has 5 heteroatoms. The van der Waals surface area contributed by atoms with Gasteiger partial charge in [-0.1, -0.05) is 31.5 Å². The van der Waals surface area contributed by atoms with Gasteiger partial charge in [-0.25, -0.2) is 0 Å². The van der Waals surface area contributed by atoms with E-state index in [2.05, 4.69) is 29.4 Å². The SMILES string of the molecule is CC(C)CNCc1c(Cl)cccc1N1CCNC(=O)C1C. The maximum absolute atomic E-state index is 11.9. The van der Waals surface area contributed by atoms with Crippen molar-refractivity contribution >= 4 is 23.2 Å². The number of halogens is 1. The summed E-state index contributed by atoms with van der Waals surface area (Å²) in [5.74, 6) is 0.665. The average Bonchev–Trinajstić information content (AvgIpc) is 2.43. The first-order valence-corrected chi connectivity index (χ1v) is 7.91. The smallest absolute Gasteiger partial charge is 0.242 e. The second kappa shape index (κ2) is 7.14. The summed E-state index contributed by atoms with van der Waals surface area (Å²) in [6, 6.07) is 5.74. The number of nitrogens with one attached hydrogen (secondary N) is 2. The van der Waals surface area contributed by atoms with E-state index >= 15 is 0 Å². The third-order valence-electron chi connectivity index (χ3n) is 3.76. The van der Waals surface area contributed by atoms with Crippen molar-refractivity contribution in [1.29, 1.82) is 0 Å². The summed E-state index contributed by atoms with van der Waals surface area (Å²) >= 11 is 6.38. The monoisotopic (exact) mass is 309 g/mol. The Morgan fingerprint density at radius 3 is 2.95 bits per heavy atom. The van der Waals surface area contributed by atoms with Crippen LogP contribution in [0.2, 0.25) is 5.02 Å². The highest BCUT2D eigenvalue weighted by molar-refractivity contribution is 6.31. The fraction of sp³-hybridized carbons (Fsp3) is 0.562. The summed E-state index contributed by atoms with van der Waals surface area (Å²) in [4.78, 5) is 14.0. The summed E-state index contributed by atoms with van der Waals surface area (Å²) in [5.41, 5.74) is 2.13. The van der Waals surface area contributed by atoms with Gasteiger partial charge in [-0.3, -0.25) is 4.79 Å². The van der Waals surface area contributed by atoms with Crippen molar-refractivity contribution in [2.75, 3.05) is 24.5 Å². The first kappa shape index (κ1) is 16.1. The molecule has 1 saturated heterocycles. The minimum atomic E-state index is -0.166. The molecule has 0 spiro atoms. The predicted octanol–water partition coefficient (Wildman–Crippen LogP) is 2.41. The summed E-state index contributed by atoms with van der Waals surface area (Å²) < 4.78 is 0. The molecule has 1 fully saturated rings. The normalized spacial score (nSPS) is 19.0. The third kappa shape index (κ3) is 3.89. The average molecular weight is 310 g/mol. The molecule has 0 aromatic heterocycles. The van der Waals surface area contributed by atoms with Crippen LogP contribution in [0, 0.1) is 5.92 Å². The number of benzene rings is 1. The minimum Gasteiger partial charge on any atom is -0.358 e. The van der Waals surface area contributed by atoms with E-state index in [0.717, 1.165) is 35.9 Å². The van der Waals surface area contributed by atoms with Gasteiger partial charge in [-0.2, -0.15) is 0 Å². The maximum atomic E-state index is 11.9. The van der Waals surface area contributed by atoms with Crippen LogP contribution in [0.15, 0.2) is 18.2 Å². The van der Waals surface area contributed by atoms with Gasteiger partial charge in [-0.05, 0) is 31.5 Å². The molecule has 2 N–H and O–H groups in total. The molecule has 116 valence electrons. The van der Waals surface area contributed by atoms with E-state index in [4.69, 9.17) is 11.6 Å². The standard InChI is InChI=1S/C16H24ClN3O/c1-11(2)9-18-10-13-14(17)5-4-6-15(13)20-8-7-19-16(21)12(20)3/h4-6,11-12,18H,7-10H2,1-3H3,(H,19,21). The highest BCUT2D eigenvalue weighted by Gasteiger charge is 2.27. The Kier molecular flexibility index (Phi) is 5.48. The van der Waals surface area contributed by atoms with Gasteiger partial charge >= 0.3 is 0 Å². The first-order chi connectivity index (χ1) is 10.0. The zero-order valence-electron chi connectivity index (χ0n) is 12.9. The lowest BCUT2D eigenvalue weighted by atomic mass is 10.1. The fourth-order valence-electron chi connectivity index (χ4n) is 2.59. The second-order valence-electron chi connectivity index (χ2n) is 5.92. The molecule has 21 heavy (non-hydrogen) atoms. The predicted molar refractivity (Wildman–Crippen MR) is 87.8 cm³/mol. The van der Waals surface area contributed by atoms with Gasteiger partial charge in [0, 0.05) is 35.9 Å². The summed E-state index contributed by atoms with van der Waals surface area (Å²) in [6.45, 7) is 9.44. The number of piperazine rings is 1. The van der Waals surface area contributed by atoms with Crippen molar-refractivity contribution in [2.24, 2.45) is 5.92 Å². The zero-order chi connectivity index (χ0) is 15.4. The molecule has 1 aliphatic heterocycles. The van der Waals surface area contributed by atoms with Gasteiger partial charge in [0.05, 0.1) is 0 Å². The number of anilines is 1. The van der Waals surface area contributed by atoms with E-state index < -0.39 is 0 Å². The lowest BCUT2D eigenvalue weighted by Crippen LogP contribution is -2.54. The summed E-state index contributed by atoms with van der Waals surface area (Å²) in [7, 11) is 0. The number of hydrogen-bond acceptors (Lipinski definition) is 3. The Bertz CT molecular complexity index is 504. The summed E-state index contributed by atoms with van der Waals surface area (Å²) in [6.07, 6.45) is 0. The molecule has 0 aliphatic carbocycles. The van der Waals surface area contributed by atoms with Crippen molar-refractivity contribution in [2.45, 2.75) is 33.4 Å². The Morgan fingerprint density at radius 2 is 2.24 bits per heavy atom. The molecular weight excluding hydrogens is 286 g/mol. The first-order valence-electron chi connectivity index (χ1n) is 7.53. The van der Waals surface area contributed by atoms with Crippen LogP contribution in [-0.2, 0) is 11.3 Å². The van der Waals surface area contributed by atoms with Gasteiger partial charge in [0.15, 0.2) is 0 Å². The van der Waals surface area contributed by atoms with Crippen molar-refractivity contribution < 1.29 is 4.79 Å². The highest BCUT2D eigenvalue weighted by atomic mass is 35.5. The van der Waals surface area contributed by atoms with Crippen molar-refractivity contribution in [3.05, 3.63) is 28.8 Å². The molecular formula is C16H24ClN3O. The van der Waals surface area contributed by atoms with Crippen molar-refractivity contribution in [3.8, 4) is 0 Å². The van der Waals surface area contributed by atoms with E-state index in [1.165, 1.54) is 0 Å². The Hall–Kier alpha value is -1.26. The highest BCUT2D eigenvalue weighted by Crippen LogP contribution is 2.29. The van der Waals surface area contributed by atoms with Crippen LogP contribution in [0.4, 0.5) is 5.69 Å². The van der Waals surface area contributed by atoms with Crippen LogP contribution in [0.25, 0.3) is 0 Å². The maximum Gasteiger partial charge on any atom is 0.242 e. The van der Waals surface area contributed by atoms with Gasteiger partial charge in [0.2, 0.25) is 5.91 Å². The molecule has 0 radical (unpaired) electrons. The van der Waals surface area contributed by atoms with Crippen LogP contribution >= 0.6 is 11.6 Å². The van der Waals surface area contributed by atoms with E-state index in [1.54, 1.807) is 0 Å². The minimum absolute atomic E-state index is 0.0716. The van der Waals surface area contributed by atoms with Crippen LogP contribution in [0.5, 0.6) is 0 Å². The van der Waals surface area contributed by atoms with Crippen LogP contribution in [-0.4, -0.2) is 31.6 Å². The molecule has 1 amide bonds. The molecule has 1 aromatic carbocycles. The van der Waals surface area contributed by atoms with Crippen LogP contribution in [0.1, 0.15) is 26.3 Å². The number of carbonyl (C=O) groups is 1. The molecule has 0 saturated carbocycles. The molecule has 2 rings (SSSR count). The third-order valence-corrected chi connectivity index (χ3v) is 4.11. The number of hydrogen-bond donors (Lipinski definition) is 2. The molecule has 1 aromatic rings. The number of amides is 1. The van der Waals surface area contributed by atoms with E-state index in [-0.39, 0.29) is 11.9 Å². The summed E-state index contributed by atoms with van der Waals surface area (Å²) in [5, 5.41) is 7.08. The Balaban J connectivity index is 2.22. The number of rotatable bonds is 5. The van der Waals surface area contributed by atoms with Crippen molar-refractivity contribution in [1.82, 2.24) is 10.6 Å². The van der Waals surface area contributed by atoms with Crippen molar-refractivity contribution in [3.63, 3.8) is 0 Å². The van der Waals surface area contributed by atoms with Gasteiger partial charge < -0.3 is 15.5 Å². The molecule has 0 bridgehead atoms. The lowest BCUT2D eigenvalue weighted by Gasteiger charge is -2.36. The molecule has 1 unspecified atom stereocenters. The van der Waals surface area contributed by atoms with Crippen LogP contribution in [0.3, 0.4) is 0 Å².